The van der Waals surface area contributed by atoms with Gasteiger partial charge in [0.1, 0.15) is 22.8 Å². The van der Waals surface area contributed by atoms with E-state index in [0.717, 1.165) is 12.5 Å². The van der Waals surface area contributed by atoms with Crippen LogP contribution >= 0.6 is 0 Å². The van der Waals surface area contributed by atoms with Crippen LogP contribution in [0.4, 0.5) is 0 Å². The van der Waals surface area contributed by atoms with Crippen molar-refractivity contribution in [1.82, 2.24) is 15.1 Å². The van der Waals surface area contributed by atoms with Gasteiger partial charge in [0, 0.05) is 43.1 Å². The van der Waals surface area contributed by atoms with Crippen LogP contribution in [0, 0.1) is 11.3 Å². The van der Waals surface area contributed by atoms with E-state index in [9.17, 15) is 34.8 Å². The number of aliphatic hydroxyl groups is 3. The number of benzene rings is 1. The summed E-state index contributed by atoms with van der Waals surface area (Å²) in [6.07, 6.45) is 0.311. The molecule has 1 aliphatic heterocycles. The van der Waals surface area contributed by atoms with Crippen molar-refractivity contribution in [3.63, 3.8) is 0 Å². The molecular weight excluding hydrogens is 518 g/mol. The second kappa shape index (κ2) is 10.1. The van der Waals surface area contributed by atoms with Crippen LogP contribution in [0.5, 0.6) is 5.75 Å². The number of Topliss-reactive ketones (excluding diaryl/α,β-unsaturated/α-hetero) is 3. The second-order valence-corrected chi connectivity index (χ2v) is 11.7. The summed E-state index contributed by atoms with van der Waals surface area (Å²) in [7, 11) is 5.09. The van der Waals surface area contributed by atoms with E-state index in [0.29, 0.717) is 45.0 Å². The predicted molar refractivity (Wildman–Crippen MR) is 144 cm³/mol. The van der Waals surface area contributed by atoms with Crippen molar-refractivity contribution in [3.05, 3.63) is 51.5 Å². The Morgan fingerprint density at radius 1 is 1.18 bits per heavy atom. The first-order chi connectivity index (χ1) is 18.9. The molecule has 216 valence electrons. The second-order valence-electron chi connectivity index (χ2n) is 11.7. The molecule has 3 aliphatic carbocycles. The number of fused-ring (bicyclic) bond motifs is 3. The molecule has 1 fully saturated rings. The third kappa shape index (κ3) is 4.02. The number of nitrogens with one attached hydrogen (secondary N) is 1. The lowest BCUT2D eigenvalue weighted by atomic mass is 9.52. The first kappa shape index (κ1) is 28.4. The molecule has 0 radical (unpaired) electrons. The summed E-state index contributed by atoms with van der Waals surface area (Å²) in [6, 6.07) is 2.21. The number of likely N-dealkylation sites (N-methyl/N-ethyl adjacent to an activating group) is 1. The van der Waals surface area contributed by atoms with E-state index in [1.54, 1.807) is 32.1 Å². The SMILES string of the molecule is CNCc1ccc(O)c2c1C[C@@]1(CN3CCOCC3)C[C@H]3[C@H](N(C)C)C(O)=C(C(C)=O)C(=O)[C@@]3(O)C(O)=C1C2=O. The number of phenols is 1. The Morgan fingerprint density at radius 3 is 2.45 bits per heavy atom. The number of hydrogen-bond acceptors (Lipinski definition) is 11. The van der Waals surface area contributed by atoms with E-state index in [-0.39, 0.29) is 29.7 Å². The summed E-state index contributed by atoms with van der Waals surface area (Å²) in [5.74, 6) is -5.12. The van der Waals surface area contributed by atoms with E-state index in [1.807, 2.05) is 0 Å². The number of carbonyl (C=O) groups is 3. The van der Waals surface area contributed by atoms with E-state index < -0.39 is 57.4 Å². The standard InChI is InChI=1S/C29H37N3O8/c1-15(33)20-25(36)23(31(3)4)18-12-28(14-32-7-9-40-10-8-32)11-17-16(13-30-2)5-6-19(34)21(17)24(35)22(28)27(38)29(18,39)26(20)37/h5-6,18,23,30,34,36,38-39H,7-14H2,1-4H3/t18-,23-,28-,29+/m0/s1. The van der Waals surface area contributed by atoms with Gasteiger partial charge in [0.25, 0.3) is 0 Å². The topological polar surface area (TPSA) is 160 Å². The van der Waals surface area contributed by atoms with Crippen molar-refractivity contribution in [1.29, 1.82) is 0 Å². The maximum absolute atomic E-state index is 14.3. The number of ether oxygens (including phenoxy) is 1. The van der Waals surface area contributed by atoms with Crippen molar-refractivity contribution in [2.45, 2.75) is 38.0 Å². The lowest BCUT2D eigenvalue weighted by Gasteiger charge is -2.55. The Morgan fingerprint density at radius 2 is 1.85 bits per heavy atom. The lowest BCUT2D eigenvalue weighted by molar-refractivity contribution is -0.151. The van der Waals surface area contributed by atoms with Gasteiger partial charge in [0.15, 0.2) is 17.2 Å². The molecule has 1 heterocycles. The molecule has 11 nitrogen and oxygen atoms in total. The first-order valence-electron chi connectivity index (χ1n) is 13.5. The van der Waals surface area contributed by atoms with Crippen LogP contribution in [-0.4, -0.2) is 113 Å². The number of nitrogens with zero attached hydrogens (tertiary/aromatic N) is 2. The molecule has 5 N–H and O–H groups in total. The molecule has 0 bridgehead atoms. The normalized spacial score (nSPS) is 30.9. The van der Waals surface area contributed by atoms with Crippen LogP contribution < -0.4 is 5.32 Å². The molecule has 1 aromatic carbocycles. The largest absolute Gasteiger partial charge is 0.510 e. The monoisotopic (exact) mass is 555 g/mol. The zero-order valence-electron chi connectivity index (χ0n) is 23.3. The Bertz CT molecular complexity index is 1340. The molecule has 0 saturated carbocycles. The summed E-state index contributed by atoms with van der Waals surface area (Å²) in [4.78, 5) is 44.3. The average molecular weight is 556 g/mol. The number of rotatable bonds is 6. The van der Waals surface area contributed by atoms with Gasteiger partial charge in [-0.05, 0) is 58.1 Å². The van der Waals surface area contributed by atoms with E-state index in [2.05, 4.69) is 10.2 Å². The van der Waals surface area contributed by atoms with Crippen molar-refractivity contribution in [3.8, 4) is 5.75 Å². The van der Waals surface area contributed by atoms with Crippen LogP contribution in [0.3, 0.4) is 0 Å². The summed E-state index contributed by atoms with van der Waals surface area (Å²) in [6.45, 7) is 4.03. The molecule has 11 heteroatoms. The summed E-state index contributed by atoms with van der Waals surface area (Å²) >= 11 is 0. The van der Waals surface area contributed by atoms with Gasteiger partial charge in [0.05, 0.1) is 24.8 Å². The van der Waals surface area contributed by atoms with Gasteiger partial charge < -0.3 is 30.5 Å². The number of hydrogen-bond donors (Lipinski definition) is 5. The number of aromatic hydroxyl groups is 1. The molecule has 0 aromatic heterocycles. The number of carbonyl (C=O) groups excluding carboxylic acids is 3. The highest BCUT2D eigenvalue weighted by molar-refractivity contribution is 6.25. The number of phenolic OH excluding ortho intramolecular Hbond substituents is 1. The summed E-state index contributed by atoms with van der Waals surface area (Å²) in [5.41, 5.74) is -2.91. The Hall–Kier alpha value is -3.09. The van der Waals surface area contributed by atoms with Crippen molar-refractivity contribution in [2.75, 3.05) is 54.0 Å². The van der Waals surface area contributed by atoms with Gasteiger partial charge in [-0.3, -0.25) is 24.2 Å². The van der Waals surface area contributed by atoms with Crippen LogP contribution in [-0.2, 0) is 27.3 Å². The third-order valence-corrected chi connectivity index (χ3v) is 9.03. The number of aliphatic hydroxyl groups excluding tert-OH is 2. The molecule has 4 aliphatic rings. The van der Waals surface area contributed by atoms with Gasteiger partial charge in [-0.1, -0.05) is 6.07 Å². The van der Waals surface area contributed by atoms with Gasteiger partial charge in [-0.15, -0.1) is 0 Å². The molecule has 1 aromatic rings. The molecule has 4 atom stereocenters. The summed E-state index contributed by atoms with van der Waals surface area (Å²) in [5, 5.41) is 49.1. The van der Waals surface area contributed by atoms with Crippen LogP contribution in [0.1, 0.15) is 34.8 Å². The highest BCUT2D eigenvalue weighted by Gasteiger charge is 2.66. The predicted octanol–water partition coefficient (Wildman–Crippen LogP) is 0.646. The number of morpholine rings is 1. The van der Waals surface area contributed by atoms with Crippen LogP contribution in [0.15, 0.2) is 34.8 Å². The van der Waals surface area contributed by atoms with E-state index >= 15 is 0 Å². The van der Waals surface area contributed by atoms with Crippen molar-refractivity contribution in [2.24, 2.45) is 11.3 Å². The minimum Gasteiger partial charge on any atom is -0.510 e. The quantitative estimate of drug-likeness (QED) is 0.314. The minimum atomic E-state index is -2.61. The fourth-order valence-corrected chi connectivity index (χ4v) is 7.34. The van der Waals surface area contributed by atoms with E-state index in [4.69, 9.17) is 4.74 Å². The summed E-state index contributed by atoms with van der Waals surface area (Å²) < 4.78 is 5.53. The maximum Gasteiger partial charge on any atom is 0.209 e. The molecular formula is C29H37N3O8. The molecule has 1 saturated heterocycles. The van der Waals surface area contributed by atoms with Gasteiger partial charge in [-0.2, -0.15) is 0 Å². The first-order valence-corrected chi connectivity index (χ1v) is 13.5. The minimum absolute atomic E-state index is 0.0338. The smallest absolute Gasteiger partial charge is 0.209 e. The van der Waals surface area contributed by atoms with Gasteiger partial charge >= 0.3 is 0 Å². The molecule has 0 spiro atoms. The molecule has 40 heavy (non-hydrogen) atoms. The molecule has 5 rings (SSSR count). The van der Waals surface area contributed by atoms with E-state index in [1.165, 1.54) is 6.07 Å². The fraction of sp³-hybridized carbons (Fsp3) is 0.552. The van der Waals surface area contributed by atoms with Crippen LogP contribution in [0.25, 0.3) is 0 Å². The lowest BCUT2D eigenvalue weighted by Crippen LogP contribution is -2.66. The van der Waals surface area contributed by atoms with Gasteiger partial charge in [0.2, 0.25) is 5.78 Å². The van der Waals surface area contributed by atoms with Crippen molar-refractivity contribution >= 4 is 17.3 Å². The number of ketones is 3. The van der Waals surface area contributed by atoms with Crippen molar-refractivity contribution < 1.29 is 39.5 Å². The molecule has 0 amide bonds. The highest BCUT2D eigenvalue weighted by Crippen LogP contribution is 2.58. The average Bonchev–Trinajstić information content (AvgIpc) is 2.88. The Kier molecular flexibility index (Phi) is 7.16. The molecule has 0 unspecified atom stereocenters. The fourth-order valence-electron chi connectivity index (χ4n) is 7.34. The third-order valence-electron chi connectivity index (χ3n) is 9.03. The highest BCUT2D eigenvalue weighted by atomic mass is 16.5. The zero-order chi connectivity index (χ0) is 29.1. The Labute approximate surface area is 232 Å². The van der Waals surface area contributed by atoms with Gasteiger partial charge in [-0.25, -0.2) is 0 Å². The maximum atomic E-state index is 14.3. The Balaban J connectivity index is 1.80. The zero-order valence-corrected chi connectivity index (χ0v) is 23.3. The van der Waals surface area contributed by atoms with Crippen LogP contribution in [0.2, 0.25) is 0 Å².